The van der Waals surface area contributed by atoms with E-state index in [-0.39, 0.29) is 11.3 Å². The molecule has 2 aromatic rings. The van der Waals surface area contributed by atoms with E-state index in [2.05, 4.69) is 25.4 Å². The van der Waals surface area contributed by atoms with E-state index in [1.165, 1.54) is 0 Å². The first-order chi connectivity index (χ1) is 11.6. The highest BCUT2D eigenvalue weighted by atomic mass is 16.2. The number of carbonyl (C=O) groups excluding carboxylic acids is 1. The van der Waals surface area contributed by atoms with Gasteiger partial charge in [0.05, 0.1) is 17.9 Å². The molecule has 1 fully saturated rings. The van der Waals surface area contributed by atoms with Crippen molar-refractivity contribution in [1.29, 1.82) is 0 Å². The van der Waals surface area contributed by atoms with Crippen molar-refractivity contribution < 1.29 is 4.79 Å². The minimum Gasteiger partial charge on any atom is -0.355 e. The van der Waals surface area contributed by atoms with Crippen LogP contribution in [0.5, 0.6) is 0 Å². The van der Waals surface area contributed by atoms with Gasteiger partial charge >= 0.3 is 0 Å². The molecule has 0 aromatic carbocycles. The normalized spacial score (nSPS) is 16.7. The summed E-state index contributed by atoms with van der Waals surface area (Å²) < 4.78 is 0. The number of rotatable bonds is 4. The molecule has 1 amide bonds. The van der Waals surface area contributed by atoms with E-state index in [1.807, 2.05) is 44.2 Å². The van der Waals surface area contributed by atoms with Gasteiger partial charge in [0.1, 0.15) is 0 Å². The van der Waals surface area contributed by atoms with E-state index in [4.69, 9.17) is 0 Å². The molecular formula is C18H23N5O. The van der Waals surface area contributed by atoms with Gasteiger partial charge in [0.25, 0.3) is 0 Å². The average molecular weight is 325 g/mol. The molecule has 3 heterocycles. The third-order valence-corrected chi connectivity index (χ3v) is 4.68. The Kier molecular flexibility index (Phi) is 4.74. The van der Waals surface area contributed by atoms with E-state index in [1.54, 1.807) is 6.20 Å². The molecule has 24 heavy (non-hydrogen) atoms. The van der Waals surface area contributed by atoms with Gasteiger partial charge in [-0.3, -0.25) is 9.78 Å². The zero-order chi connectivity index (χ0) is 17.0. The van der Waals surface area contributed by atoms with Crippen molar-refractivity contribution in [3.05, 3.63) is 47.9 Å². The summed E-state index contributed by atoms with van der Waals surface area (Å²) in [7, 11) is 0. The number of hydrogen-bond acceptors (Lipinski definition) is 5. The molecule has 3 rings (SSSR count). The largest absolute Gasteiger partial charge is 0.355 e. The molecule has 2 aromatic heterocycles. The van der Waals surface area contributed by atoms with Crippen LogP contribution in [-0.2, 0) is 11.3 Å². The van der Waals surface area contributed by atoms with Crippen LogP contribution < -0.4 is 10.2 Å². The van der Waals surface area contributed by atoms with Crippen LogP contribution in [0.2, 0.25) is 0 Å². The zero-order valence-electron chi connectivity index (χ0n) is 14.2. The molecule has 0 unspecified atom stereocenters. The molecule has 0 spiro atoms. The predicted molar refractivity (Wildman–Crippen MR) is 92.4 cm³/mol. The Morgan fingerprint density at radius 1 is 1.21 bits per heavy atom. The van der Waals surface area contributed by atoms with E-state index in [0.29, 0.717) is 6.54 Å². The number of aryl methyl sites for hydroxylation is 1. The lowest BCUT2D eigenvalue weighted by Crippen LogP contribution is -2.47. The van der Waals surface area contributed by atoms with Gasteiger partial charge < -0.3 is 10.2 Å². The Hall–Kier alpha value is -2.50. The number of amides is 1. The third-order valence-electron chi connectivity index (χ3n) is 4.68. The van der Waals surface area contributed by atoms with Crippen LogP contribution in [-0.4, -0.2) is 34.2 Å². The van der Waals surface area contributed by atoms with Crippen molar-refractivity contribution >= 4 is 11.7 Å². The molecule has 0 saturated carbocycles. The van der Waals surface area contributed by atoms with E-state index in [0.717, 1.165) is 43.1 Å². The number of nitrogens with zero attached hydrogens (tertiary/aromatic N) is 4. The van der Waals surface area contributed by atoms with Crippen molar-refractivity contribution in [1.82, 2.24) is 20.5 Å². The SMILES string of the molecule is Cc1ccc(N2CCC(C)(C(=O)NCc3ccccn3)CC2)nn1. The molecule has 0 radical (unpaired) electrons. The second kappa shape index (κ2) is 6.95. The standard InChI is InChI=1S/C18H23N5O/c1-14-6-7-16(22-21-14)23-11-8-18(2,9-12-23)17(24)20-13-15-5-3-4-10-19-15/h3-7,10H,8-9,11-13H2,1-2H3,(H,20,24). The molecule has 0 aliphatic carbocycles. The first-order valence-corrected chi connectivity index (χ1v) is 8.30. The maximum Gasteiger partial charge on any atom is 0.226 e. The van der Waals surface area contributed by atoms with Gasteiger partial charge in [-0.05, 0) is 44.0 Å². The Balaban J connectivity index is 1.55. The van der Waals surface area contributed by atoms with Gasteiger partial charge in [-0.15, -0.1) is 5.10 Å². The van der Waals surface area contributed by atoms with Crippen molar-refractivity contribution in [3.8, 4) is 0 Å². The molecule has 0 bridgehead atoms. The fourth-order valence-corrected chi connectivity index (χ4v) is 2.90. The Labute approximate surface area is 142 Å². The van der Waals surface area contributed by atoms with Gasteiger partial charge in [-0.25, -0.2) is 0 Å². The summed E-state index contributed by atoms with van der Waals surface area (Å²) in [5.74, 6) is 0.985. The summed E-state index contributed by atoms with van der Waals surface area (Å²) in [6.45, 7) is 6.06. The lowest BCUT2D eigenvalue weighted by atomic mass is 9.79. The number of nitrogens with one attached hydrogen (secondary N) is 1. The van der Waals surface area contributed by atoms with Crippen molar-refractivity contribution in [3.63, 3.8) is 0 Å². The molecule has 1 N–H and O–H groups in total. The third kappa shape index (κ3) is 3.69. The maximum atomic E-state index is 12.6. The lowest BCUT2D eigenvalue weighted by molar-refractivity contribution is -0.131. The van der Waals surface area contributed by atoms with Gasteiger partial charge in [-0.2, -0.15) is 5.10 Å². The minimum absolute atomic E-state index is 0.0998. The summed E-state index contributed by atoms with van der Waals surface area (Å²) in [6.07, 6.45) is 3.34. The first-order valence-electron chi connectivity index (χ1n) is 8.30. The fourth-order valence-electron chi connectivity index (χ4n) is 2.90. The van der Waals surface area contributed by atoms with E-state index >= 15 is 0 Å². The van der Waals surface area contributed by atoms with Gasteiger partial charge in [0.2, 0.25) is 5.91 Å². The summed E-state index contributed by atoms with van der Waals surface area (Å²) in [4.78, 5) is 19.0. The number of piperidine rings is 1. The van der Waals surface area contributed by atoms with Crippen LogP contribution in [0.3, 0.4) is 0 Å². The monoisotopic (exact) mass is 325 g/mol. The molecule has 126 valence electrons. The van der Waals surface area contributed by atoms with E-state index < -0.39 is 0 Å². The van der Waals surface area contributed by atoms with Crippen LogP contribution in [0, 0.1) is 12.3 Å². The van der Waals surface area contributed by atoms with Crippen molar-refractivity contribution in [2.45, 2.75) is 33.2 Å². The van der Waals surface area contributed by atoms with Crippen LogP contribution >= 0.6 is 0 Å². The Bertz CT molecular complexity index is 678. The summed E-state index contributed by atoms with van der Waals surface area (Å²) in [5, 5.41) is 11.4. The molecule has 1 aliphatic rings. The number of hydrogen-bond donors (Lipinski definition) is 1. The highest BCUT2D eigenvalue weighted by molar-refractivity contribution is 5.82. The smallest absolute Gasteiger partial charge is 0.226 e. The molecule has 0 atom stereocenters. The quantitative estimate of drug-likeness (QED) is 0.932. The van der Waals surface area contributed by atoms with Crippen LogP contribution in [0.15, 0.2) is 36.5 Å². The van der Waals surface area contributed by atoms with Gasteiger partial charge in [0.15, 0.2) is 5.82 Å². The second-order valence-corrected chi connectivity index (χ2v) is 6.58. The average Bonchev–Trinajstić information content (AvgIpc) is 2.62. The van der Waals surface area contributed by atoms with Crippen LogP contribution in [0.4, 0.5) is 5.82 Å². The number of anilines is 1. The van der Waals surface area contributed by atoms with Gasteiger partial charge in [-0.1, -0.05) is 13.0 Å². The topological polar surface area (TPSA) is 71.0 Å². The Morgan fingerprint density at radius 3 is 2.62 bits per heavy atom. The summed E-state index contributed by atoms with van der Waals surface area (Å²) >= 11 is 0. The van der Waals surface area contributed by atoms with Gasteiger partial charge in [0, 0.05) is 24.7 Å². The fraction of sp³-hybridized carbons (Fsp3) is 0.444. The Morgan fingerprint density at radius 2 is 2.00 bits per heavy atom. The predicted octanol–water partition coefficient (Wildman–Crippen LogP) is 2.10. The second-order valence-electron chi connectivity index (χ2n) is 6.58. The molecule has 1 saturated heterocycles. The molecular weight excluding hydrogens is 302 g/mol. The highest BCUT2D eigenvalue weighted by Crippen LogP contribution is 2.32. The number of pyridine rings is 1. The number of aromatic nitrogens is 3. The number of carbonyl (C=O) groups is 1. The van der Waals surface area contributed by atoms with E-state index in [9.17, 15) is 4.79 Å². The summed E-state index contributed by atoms with van der Waals surface area (Å²) in [5.41, 5.74) is 1.44. The molecule has 6 heteroatoms. The minimum atomic E-state index is -0.344. The van der Waals surface area contributed by atoms with Crippen molar-refractivity contribution in [2.75, 3.05) is 18.0 Å². The molecule has 1 aliphatic heterocycles. The zero-order valence-corrected chi connectivity index (χ0v) is 14.2. The molecule has 6 nitrogen and oxygen atoms in total. The van der Waals surface area contributed by atoms with Crippen LogP contribution in [0.25, 0.3) is 0 Å². The maximum absolute atomic E-state index is 12.6. The first kappa shape index (κ1) is 16.4. The highest BCUT2D eigenvalue weighted by Gasteiger charge is 2.37. The summed E-state index contributed by atoms with van der Waals surface area (Å²) in [6, 6.07) is 9.68. The van der Waals surface area contributed by atoms with Crippen molar-refractivity contribution in [2.24, 2.45) is 5.41 Å². The van der Waals surface area contributed by atoms with Crippen LogP contribution in [0.1, 0.15) is 31.2 Å². The lowest BCUT2D eigenvalue weighted by Gasteiger charge is -2.38.